The fraction of sp³-hybridized carbons (Fsp3) is 0.118. The number of nitrogens with zero attached hydrogens (tertiary/aromatic N) is 4. The van der Waals surface area contributed by atoms with Gasteiger partial charge in [0.05, 0.1) is 24.0 Å². The predicted octanol–water partition coefficient (Wildman–Crippen LogP) is 2.12. The largest absolute Gasteiger partial charge is 0.495 e. The van der Waals surface area contributed by atoms with Gasteiger partial charge in [0.1, 0.15) is 12.1 Å². The Morgan fingerprint density at radius 1 is 1.19 bits per heavy atom. The summed E-state index contributed by atoms with van der Waals surface area (Å²) in [5.41, 5.74) is 1.36. The lowest BCUT2D eigenvalue weighted by Crippen LogP contribution is -2.21. The second kappa shape index (κ2) is 8.28. The maximum atomic E-state index is 12.1. The molecule has 0 spiro atoms. The summed E-state index contributed by atoms with van der Waals surface area (Å²) >= 11 is 5.91. The maximum absolute atomic E-state index is 12.1. The Morgan fingerprint density at radius 2 is 1.96 bits per heavy atom. The van der Waals surface area contributed by atoms with E-state index in [-0.39, 0.29) is 0 Å². The van der Waals surface area contributed by atoms with Crippen molar-refractivity contribution in [3.05, 3.63) is 59.4 Å². The van der Waals surface area contributed by atoms with E-state index in [0.717, 1.165) is 0 Å². The third-order valence-electron chi connectivity index (χ3n) is 3.49. The van der Waals surface area contributed by atoms with Crippen LogP contribution in [0.15, 0.2) is 48.8 Å². The summed E-state index contributed by atoms with van der Waals surface area (Å²) in [5, 5.41) is 13.8. The van der Waals surface area contributed by atoms with Crippen molar-refractivity contribution in [2.75, 3.05) is 19.0 Å². The van der Waals surface area contributed by atoms with E-state index in [2.05, 4.69) is 20.8 Å². The smallest absolute Gasteiger partial charge is 0.338 e. The van der Waals surface area contributed by atoms with Crippen LogP contribution in [0.2, 0.25) is 5.02 Å². The van der Waals surface area contributed by atoms with E-state index in [9.17, 15) is 9.59 Å². The van der Waals surface area contributed by atoms with Crippen LogP contribution in [0.5, 0.6) is 5.75 Å². The highest BCUT2D eigenvalue weighted by Gasteiger charge is 2.13. The molecule has 0 saturated heterocycles. The van der Waals surface area contributed by atoms with Crippen molar-refractivity contribution >= 4 is 29.2 Å². The topological polar surface area (TPSA) is 108 Å². The lowest BCUT2D eigenvalue weighted by Gasteiger charge is -2.11. The molecular weight excluding hydrogens is 374 g/mol. The second-order valence-corrected chi connectivity index (χ2v) is 5.71. The SMILES string of the molecule is COc1ccc(Cl)cc1NC(=O)COC(=O)c1ccc(-n2cnnn2)cc1. The molecule has 1 amide bonds. The first-order chi connectivity index (χ1) is 13.1. The number of carbonyl (C=O) groups excluding carboxylic acids is 2. The van der Waals surface area contributed by atoms with Gasteiger partial charge in [0.15, 0.2) is 6.61 Å². The number of methoxy groups -OCH3 is 1. The first-order valence-electron chi connectivity index (χ1n) is 7.71. The minimum atomic E-state index is -0.633. The number of carbonyl (C=O) groups is 2. The molecule has 0 aliphatic heterocycles. The standard InChI is InChI=1S/C17H14ClN5O4/c1-26-15-7-4-12(18)8-14(15)20-16(24)9-27-17(25)11-2-5-13(6-3-11)23-10-19-21-22-23/h2-8,10H,9H2,1H3,(H,20,24). The zero-order chi connectivity index (χ0) is 19.2. The number of benzene rings is 2. The lowest BCUT2D eigenvalue weighted by molar-refractivity contribution is -0.119. The molecule has 1 aromatic heterocycles. The zero-order valence-electron chi connectivity index (χ0n) is 14.1. The van der Waals surface area contributed by atoms with Gasteiger partial charge in [-0.1, -0.05) is 11.6 Å². The summed E-state index contributed by atoms with van der Waals surface area (Å²) in [5.74, 6) is -0.710. The Morgan fingerprint density at radius 3 is 2.63 bits per heavy atom. The second-order valence-electron chi connectivity index (χ2n) is 5.27. The maximum Gasteiger partial charge on any atom is 0.338 e. The van der Waals surface area contributed by atoms with Gasteiger partial charge in [0.25, 0.3) is 5.91 Å². The molecule has 3 aromatic rings. The number of rotatable bonds is 6. The minimum absolute atomic E-state index is 0.292. The van der Waals surface area contributed by atoms with Gasteiger partial charge >= 0.3 is 5.97 Å². The molecule has 0 aliphatic carbocycles. The van der Waals surface area contributed by atoms with Crippen LogP contribution in [0.25, 0.3) is 5.69 Å². The molecule has 0 atom stereocenters. The summed E-state index contributed by atoms with van der Waals surface area (Å²) in [6.45, 7) is -0.455. The van der Waals surface area contributed by atoms with Crippen LogP contribution in [-0.2, 0) is 9.53 Å². The molecular formula is C17H14ClN5O4. The van der Waals surface area contributed by atoms with E-state index < -0.39 is 18.5 Å². The summed E-state index contributed by atoms with van der Waals surface area (Å²) in [6.07, 6.45) is 1.43. The predicted molar refractivity (Wildman–Crippen MR) is 96.1 cm³/mol. The van der Waals surface area contributed by atoms with Crippen LogP contribution in [0.4, 0.5) is 5.69 Å². The Labute approximate surface area is 158 Å². The molecule has 0 saturated carbocycles. The summed E-state index contributed by atoms with van der Waals surface area (Å²) in [6, 6.07) is 11.2. The van der Waals surface area contributed by atoms with Crippen LogP contribution in [0.3, 0.4) is 0 Å². The number of esters is 1. The van der Waals surface area contributed by atoms with E-state index in [1.807, 2.05) is 0 Å². The van der Waals surface area contributed by atoms with Crippen LogP contribution in [-0.4, -0.2) is 45.8 Å². The molecule has 27 heavy (non-hydrogen) atoms. The van der Waals surface area contributed by atoms with E-state index in [4.69, 9.17) is 21.1 Å². The number of halogens is 1. The number of aromatic nitrogens is 4. The molecule has 9 nitrogen and oxygen atoms in total. The number of nitrogens with one attached hydrogen (secondary N) is 1. The normalized spacial score (nSPS) is 10.3. The monoisotopic (exact) mass is 387 g/mol. The molecule has 0 radical (unpaired) electrons. The first kappa shape index (κ1) is 18.3. The molecule has 0 bridgehead atoms. The Kier molecular flexibility index (Phi) is 5.62. The molecule has 1 heterocycles. The highest BCUT2D eigenvalue weighted by Crippen LogP contribution is 2.27. The molecule has 1 N–H and O–H groups in total. The van der Waals surface area contributed by atoms with Gasteiger partial charge in [0, 0.05) is 5.02 Å². The number of tetrazole rings is 1. The number of ether oxygens (including phenoxy) is 2. The Balaban J connectivity index is 1.57. The van der Waals surface area contributed by atoms with Crippen LogP contribution in [0.1, 0.15) is 10.4 Å². The highest BCUT2D eigenvalue weighted by atomic mass is 35.5. The van der Waals surface area contributed by atoms with Crippen molar-refractivity contribution in [2.45, 2.75) is 0 Å². The Bertz CT molecular complexity index is 944. The molecule has 138 valence electrons. The molecule has 0 fully saturated rings. The minimum Gasteiger partial charge on any atom is -0.495 e. The molecule has 10 heteroatoms. The van der Waals surface area contributed by atoms with Crippen molar-refractivity contribution in [1.82, 2.24) is 20.2 Å². The van der Waals surface area contributed by atoms with Crippen LogP contribution in [0, 0.1) is 0 Å². The zero-order valence-corrected chi connectivity index (χ0v) is 14.9. The van der Waals surface area contributed by atoms with Crippen molar-refractivity contribution in [1.29, 1.82) is 0 Å². The van der Waals surface area contributed by atoms with E-state index >= 15 is 0 Å². The van der Waals surface area contributed by atoms with Gasteiger partial charge in [-0.05, 0) is 52.9 Å². The molecule has 2 aromatic carbocycles. The van der Waals surface area contributed by atoms with Crippen LogP contribution >= 0.6 is 11.6 Å². The lowest BCUT2D eigenvalue weighted by atomic mass is 10.2. The quantitative estimate of drug-likeness (QED) is 0.645. The number of hydrogen-bond acceptors (Lipinski definition) is 7. The first-order valence-corrected chi connectivity index (χ1v) is 8.08. The van der Waals surface area contributed by atoms with Crippen molar-refractivity contribution in [3.63, 3.8) is 0 Å². The van der Waals surface area contributed by atoms with Gasteiger partial charge in [-0.25, -0.2) is 9.48 Å². The van der Waals surface area contributed by atoms with Gasteiger partial charge < -0.3 is 14.8 Å². The van der Waals surface area contributed by atoms with Gasteiger partial charge in [-0.2, -0.15) is 0 Å². The third kappa shape index (κ3) is 4.59. The van der Waals surface area contributed by atoms with E-state index in [1.165, 1.54) is 24.2 Å². The third-order valence-corrected chi connectivity index (χ3v) is 3.72. The molecule has 3 rings (SSSR count). The number of anilines is 1. The summed E-state index contributed by atoms with van der Waals surface area (Å²) in [7, 11) is 1.47. The van der Waals surface area contributed by atoms with Crippen molar-refractivity contribution in [3.8, 4) is 11.4 Å². The van der Waals surface area contributed by atoms with Gasteiger partial charge in [-0.3, -0.25) is 4.79 Å². The van der Waals surface area contributed by atoms with E-state index in [0.29, 0.717) is 27.7 Å². The average molecular weight is 388 g/mol. The number of hydrogen-bond donors (Lipinski definition) is 1. The molecule has 0 unspecified atom stereocenters. The summed E-state index contributed by atoms with van der Waals surface area (Å²) in [4.78, 5) is 24.1. The number of amides is 1. The van der Waals surface area contributed by atoms with Crippen molar-refractivity contribution in [2.24, 2.45) is 0 Å². The van der Waals surface area contributed by atoms with Gasteiger partial charge in [-0.15, -0.1) is 5.10 Å². The van der Waals surface area contributed by atoms with Crippen LogP contribution < -0.4 is 10.1 Å². The van der Waals surface area contributed by atoms with E-state index in [1.54, 1.807) is 36.4 Å². The Hall–Kier alpha value is -3.46. The molecule has 0 aliphatic rings. The van der Waals surface area contributed by atoms with Crippen molar-refractivity contribution < 1.29 is 19.1 Å². The fourth-order valence-electron chi connectivity index (χ4n) is 2.21. The summed E-state index contributed by atoms with van der Waals surface area (Å²) < 4.78 is 11.6. The fourth-order valence-corrected chi connectivity index (χ4v) is 2.38. The highest BCUT2D eigenvalue weighted by molar-refractivity contribution is 6.31. The average Bonchev–Trinajstić information content (AvgIpc) is 3.21. The van der Waals surface area contributed by atoms with Gasteiger partial charge in [0.2, 0.25) is 0 Å².